The second kappa shape index (κ2) is 6.68. The van der Waals surface area contributed by atoms with E-state index >= 15 is 0 Å². The molecule has 0 bridgehead atoms. The van der Waals surface area contributed by atoms with Crippen molar-refractivity contribution in [3.05, 3.63) is 33.8 Å². The molecule has 2 nitrogen and oxygen atoms in total. The first-order chi connectivity index (χ1) is 9.92. The van der Waals surface area contributed by atoms with E-state index in [4.69, 9.17) is 23.2 Å². The van der Waals surface area contributed by atoms with E-state index in [1.165, 1.54) is 6.92 Å². The van der Waals surface area contributed by atoms with Gasteiger partial charge in [-0.15, -0.1) is 0 Å². The molecule has 0 aromatic heterocycles. The third-order valence-corrected chi connectivity index (χ3v) is 5.68. The molecule has 1 aromatic carbocycles. The Morgan fingerprint density at radius 1 is 1.29 bits per heavy atom. The van der Waals surface area contributed by atoms with Crippen molar-refractivity contribution in [1.29, 1.82) is 0 Å². The Hall–Kier alpha value is -0.570. The van der Waals surface area contributed by atoms with Crippen LogP contribution in [0.15, 0.2) is 18.2 Å². The van der Waals surface area contributed by atoms with Crippen LogP contribution in [0.3, 0.4) is 0 Å². The number of halogens is 2. The second-order valence-electron chi connectivity index (χ2n) is 6.06. The molecule has 0 radical (unpaired) electrons. The number of rotatable bonds is 5. The smallest absolute Gasteiger partial charge is 0.158 e. The Bertz CT molecular complexity index is 522. The number of ketones is 1. The van der Waals surface area contributed by atoms with Gasteiger partial charge in [0, 0.05) is 11.3 Å². The predicted molar refractivity (Wildman–Crippen MR) is 87.1 cm³/mol. The zero-order chi connectivity index (χ0) is 15.6. The summed E-state index contributed by atoms with van der Waals surface area (Å²) in [5.74, 6) is -0.233. The average Bonchev–Trinajstić information content (AvgIpc) is 2.93. The van der Waals surface area contributed by atoms with Crippen LogP contribution >= 0.6 is 23.2 Å². The monoisotopic (exact) mass is 328 g/mol. The van der Waals surface area contributed by atoms with Crippen LogP contribution in [-0.4, -0.2) is 17.0 Å². The zero-order valence-corrected chi connectivity index (χ0v) is 14.0. The number of Topliss-reactive ketones (excluding diaryl/α,β-unsaturated/α-hetero) is 1. The molecule has 0 heterocycles. The number of carbonyl (C=O) groups excluding carboxylic acids is 1. The quantitative estimate of drug-likeness (QED) is 0.844. The highest BCUT2D eigenvalue weighted by Gasteiger charge is 2.46. The van der Waals surface area contributed by atoms with Gasteiger partial charge >= 0.3 is 0 Å². The maximum Gasteiger partial charge on any atom is 0.158 e. The lowest BCUT2D eigenvalue weighted by Crippen LogP contribution is -2.42. The van der Waals surface area contributed by atoms with Crippen molar-refractivity contribution in [3.63, 3.8) is 0 Å². The van der Waals surface area contributed by atoms with Gasteiger partial charge in [-0.05, 0) is 43.9 Å². The topological polar surface area (TPSA) is 37.3 Å². The zero-order valence-electron chi connectivity index (χ0n) is 12.5. The summed E-state index contributed by atoms with van der Waals surface area (Å²) >= 11 is 12.2. The minimum atomic E-state index is -0.914. The molecular formula is C17H22Cl2O2. The molecule has 0 aliphatic heterocycles. The predicted octanol–water partition coefficient (Wildman–Crippen LogP) is 4.78. The fourth-order valence-electron chi connectivity index (χ4n) is 3.88. The Kier molecular flexibility index (Phi) is 5.34. The molecular weight excluding hydrogens is 307 g/mol. The molecule has 4 heteroatoms. The van der Waals surface area contributed by atoms with Crippen LogP contribution in [-0.2, 0) is 10.2 Å². The van der Waals surface area contributed by atoms with Crippen LogP contribution in [0.4, 0.5) is 0 Å². The molecule has 1 saturated carbocycles. The van der Waals surface area contributed by atoms with Gasteiger partial charge in [0.1, 0.15) is 6.10 Å². The largest absolute Gasteiger partial charge is 0.385 e. The fraction of sp³-hybridized carbons (Fsp3) is 0.588. The van der Waals surface area contributed by atoms with E-state index in [9.17, 15) is 9.90 Å². The van der Waals surface area contributed by atoms with Crippen molar-refractivity contribution in [2.75, 3.05) is 0 Å². The number of aliphatic hydroxyl groups excluding tert-OH is 1. The Balaban J connectivity index is 2.48. The van der Waals surface area contributed by atoms with Crippen LogP contribution in [0.1, 0.15) is 51.5 Å². The van der Waals surface area contributed by atoms with Crippen LogP contribution < -0.4 is 0 Å². The molecule has 2 rings (SSSR count). The summed E-state index contributed by atoms with van der Waals surface area (Å²) in [5, 5.41) is 11.5. The third-order valence-electron chi connectivity index (χ3n) is 4.94. The third kappa shape index (κ3) is 3.13. The van der Waals surface area contributed by atoms with E-state index in [0.29, 0.717) is 10.0 Å². The van der Waals surface area contributed by atoms with E-state index in [2.05, 4.69) is 0 Å². The van der Waals surface area contributed by atoms with E-state index in [1.807, 2.05) is 25.1 Å². The van der Waals surface area contributed by atoms with Gasteiger partial charge in [-0.25, -0.2) is 0 Å². The fourth-order valence-corrected chi connectivity index (χ4v) is 4.18. The lowest BCUT2D eigenvalue weighted by atomic mass is 9.65. The summed E-state index contributed by atoms with van der Waals surface area (Å²) in [5.41, 5.74) is 0.926. The van der Waals surface area contributed by atoms with E-state index in [-0.39, 0.29) is 17.1 Å². The number of carbonyl (C=O) groups is 1. The standard InChI is InChI=1S/C17H22Cl2O2/c1-3-13(16(21)11(2)20)17(8-4-5-9-17)12-6-7-14(18)15(19)10-12/h6-7,10,13,16,21H,3-5,8-9H2,1-2H3/t13?,16-/m1/s1. The van der Waals surface area contributed by atoms with Gasteiger partial charge in [-0.2, -0.15) is 0 Å². The molecule has 1 aliphatic carbocycles. The van der Waals surface area contributed by atoms with Gasteiger partial charge < -0.3 is 5.11 Å². The first-order valence-electron chi connectivity index (χ1n) is 7.56. The van der Waals surface area contributed by atoms with Crippen molar-refractivity contribution in [2.45, 2.75) is 57.5 Å². The minimum Gasteiger partial charge on any atom is -0.385 e. The summed E-state index contributed by atoms with van der Waals surface area (Å²) in [6, 6.07) is 5.71. The van der Waals surface area contributed by atoms with Crippen LogP contribution in [0.25, 0.3) is 0 Å². The molecule has 2 atom stereocenters. The molecule has 0 saturated heterocycles. The number of hydrogen-bond donors (Lipinski definition) is 1. The van der Waals surface area contributed by atoms with Gasteiger partial charge in [-0.1, -0.05) is 49.0 Å². The molecule has 1 N–H and O–H groups in total. The van der Waals surface area contributed by atoms with Gasteiger partial charge in [-0.3, -0.25) is 4.79 Å². The Morgan fingerprint density at radius 2 is 1.90 bits per heavy atom. The van der Waals surface area contributed by atoms with Crippen LogP contribution in [0, 0.1) is 5.92 Å². The number of hydrogen-bond acceptors (Lipinski definition) is 2. The molecule has 1 aliphatic rings. The summed E-state index contributed by atoms with van der Waals surface area (Å²) in [7, 11) is 0. The summed E-state index contributed by atoms with van der Waals surface area (Å²) < 4.78 is 0. The highest BCUT2D eigenvalue weighted by atomic mass is 35.5. The highest BCUT2D eigenvalue weighted by molar-refractivity contribution is 6.42. The first kappa shape index (κ1) is 16.8. The van der Waals surface area contributed by atoms with Crippen molar-refractivity contribution in [2.24, 2.45) is 5.92 Å². The highest BCUT2D eigenvalue weighted by Crippen LogP contribution is 2.50. The van der Waals surface area contributed by atoms with Crippen molar-refractivity contribution >= 4 is 29.0 Å². The molecule has 116 valence electrons. The normalized spacial score (nSPS) is 20.2. The molecule has 0 amide bonds. The lowest BCUT2D eigenvalue weighted by molar-refractivity contribution is -0.129. The van der Waals surface area contributed by atoms with E-state index in [1.54, 1.807) is 0 Å². The van der Waals surface area contributed by atoms with Crippen molar-refractivity contribution in [1.82, 2.24) is 0 Å². The molecule has 1 unspecified atom stereocenters. The van der Waals surface area contributed by atoms with Crippen molar-refractivity contribution in [3.8, 4) is 0 Å². The molecule has 21 heavy (non-hydrogen) atoms. The van der Waals surface area contributed by atoms with E-state index < -0.39 is 6.10 Å². The van der Waals surface area contributed by atoms with Crippen molar-refractivity contribution < 1.29 is 9.90 Å². The average molecular weight is 329 g/mol. The maximum absolute atomic E-state index is 11.7. The minimum absolute atomic E-state index is 0.0743. The molecule has 1 aromatic rings. The summed E-state index contributed by atoms with van der Waals surface area (Å²) in [6.45, 7) is 3.50. The van der Waals surface area contributed by atoms with Gasteiger partial charge in [0.25, 0.3) is 0 Å². The van der Waals surface area contributed by atoms with Crippen LogP contribution in [0.5, 0.6) is 0 Å². The van der Waals surface area contributed by atoms with E-state index in [0.717, 1.165) is 37.7 Å². The number of aliphatic hydroxyl groups is 1. The van der Waals surface area contributed by atoms with Gasteiger partial charge in [0.2, 0.25) is 0 Å². The molecule has 1 fully saturated rings. The SMILES string of the molecule is CCC([C@H](O)C(C)=O)C1(c2ccc(Cl)c(Cl)c2)CCCC1. The summed E-state index contributed by atoms with van der Waals surface area (Å²) in [6.07, 6.45) is 4.04. The van der Waals surface area contributed by atoms with Gasteiger partial charge in [0.15, 0.2) is 5.78 Å². The summed E-state index contributed by atoms with van der Waals surface area (Å²) in [4.78, 5) is 11.7. The Labute approximate surface area is 136 Å². The maximum atomic E-state index is 11.7. The molecule has 0 spiro atoms. The first-order valence-corrected chi connectivity index (χ1v) is 8.32. The van der Waals surface area contributed by atoms with Gasteiger partial charge in [0.05, 0.1) is 10.0 Å². The number of benzene rings is 1. The Morgan fingerprint density at radius 3 is 2.38 bits per heavy atom. The lowest BCUT2D eigenvalue weighted by Gasteiger charge is -2.40. The van der Waals surface area contributed by atoms with Crippen LogP contribution in [0.2, 0.25) is 10.0 Å². The second-order valence-corrected chi connectivity index (χ2v) is 6.88.